The molecule has 0 bridgehead atoms. The summed E-state index contributed by atoms with van der Waals surface area (Å²) >= 11 is 0. The fraction of sp³-hybridized carbons (Fsp3) is 0.133. The van der Waals surface area contributed by atoms with E-state index in [9.17, 15) is 8.42 Å². The smallest absolute Gasteiger partial charge is 0.200 e. The van der Waals surface area contributed by atoms with E-state index in [2.05, 4.69) is 9.93 Å². The first-order valence-electron chi connectivity index (χ1n) is 6.31. The Balaban J connectivity index is 1.84. The number of aryl methyl sites for hydroxylation is 1. The lowest BCUT2D eigenvalue weighted by atomic mass is 10.1. The van der Waals surface area contributed by atoms with Crippen LogP contribution < -0.4 is 4.83 Å². The number of benzene rings is 2. The second-order valence-electron chi connectivity index (χ2n) is 4.24. The van der Waals surface area contributed by atoms with Crippen LogP contribution in [0.2, 0.25) is 0 Å². The molecule has 0 atom stereocenters. The van der Waals surface area contributed by atoms with Gasteiger partial charge in [0.2, 0.25) is 0 Å². The number of sulfonamides is 1. The van der Waals surface area contributed by atoms with Gasteiger partial charge in [0.05, 0.1) is 4.90 Å². The van der Waals surface area contributed by atoms with Gasteiger partial charge in [-0.15, -0.1) is 0 Å². The molecule has 0 unspecified atom stereocenters. The molecule has 2 rings (SSSR count). The van der Waals surface area contributed by atoms with E-state index >= 15 is 0 Å². The van der Waals surface area contributed by atoms with Crippen molar-refractivity contribution in [2.75, 3.05) is 0 Å². The Kier molecular flexibility index (Phi) is 4.90. The molecule has 2 aromatic carbocycles. The van der Waals surface area contributed by atoms with Crippen molar-refractivity contribution in [2.45, 2.75) is 17.7 Å². The average molecular weight is 288 g/mol. The molecule has 2 aromatic rings. The van der Waals surface area contributed by atoms with E-state index in [1.54, 1.807) is 24.4 Å². The predicted octanol–water partition coefficient (Wildman–Crippen LogP) is 2.58. The summed E-state index contributed by atoms with van der Waals surface area (Å²) in [7, 11) is -3.55. The molecular weight excluding hydrogens is 272 g/mol. The quantitative estimate of drug-likeness (QED) is 0.656. The van der Waals surface area contributed by atoms with E-state index in [1.165, 1.54) is 17.7 Å². The van der Waals surface area contributed by atoms with E-state index in [1.807, 2.05) is 30.3 Å². The van der Waals surface area contributed by atoms with Gasteiger partial charge in [-0.3, -0.25) is 0 Å². The number of nitrogens with zero attached hydrogens (tertiary/aromatic N) is 1. The Morgan fingerprint density at radius 3 is 2.20 bits per heavy atom. The lowest BCUT2D eigenvalue weighted by Crippen LogP contribution is -2.18. The second-order valence-corrected chi connectivity index (χ2v) is 5.90. The summed E-state index contributed by atoms with van der Waals surface area (Å²) in [4.78, 5) is 2.41. The molecule has 104 valence electrons. The van der Waals surface area contributed by atoms with Gasteiger partial charge in [-0.05, 0) is 30.5 Å². The molecule has 0 spiro atoms. The van der Waals surface area contributed by atoms with Crippen LogP contribution in [0.15, 0.2) is 70.7 Å². The highest BCUT2D eigenvalue weighted by Gasteiger charge is 2.10. The second kappa shape index (κ2) is 6.86. The Bertz CT molecular complexity index is 653. The summed E-state index contributed by atoms with van der Waals surface area (Å²) in [5.41, 5.74) is 1.20. The van der Waals surface area contributed by atoms with Crippen LogP contribution in [0, 0.1) is 0 Å². The number of nitrogens with one attached hydrogen (secondary N) is 1. The summed E-state index contributed by atoms with van der Waals surface area (Å²) in [6.45, 7) is 0. The van der Waals surface area contributed by atoms with Gasteiger partial charge in [0.1, 0.15) is 0 Å². The first-order valence-corrected chi connectivity index (χ1v) is 7.79. The van der Waals surface area contributed by atoms with E-state index in [4.69, 9.17) is 0 Å². The van der Waals surface area contributed by atoms with Gasteiger partial charge < -0.3 is 0 Å². The van der Waals surface area contributed by atoms with Gasteiger partial charge in [0.15, 0.2) is 0 Å². The molecule has 4 nitrogen and oxygen atoms in total. The average Bonchev–Trinajstić information content (AvgIpc) is 2.49. The molecule has 0 radical (unpaired) electrons. The molecular formula is C15H16N2O2S. The Labute approximate surface area is 119 Å². The van der Waals surface area contributed by atoms with Crippen LogP contribution in [0.25, 0.3) is 0 Å². The summed E-state index contributed by atoms with van der Waals surface area (Å²) in [6.07, 6.45) is 3.09. The van der Waals surface area contributed by atoms with E-state index < -0.39 is 10.0 Å². The molecule has 0 aliphatic rings. The summed E-state index contributed by atoms with van der Waals surface area (Å²) in [5, 5.41) is 3.77. The molecule has 0 amide bonds. The van der Waals surface area contributed by atoms with Gasteiger partial charge in [0, 0.05) is 6.21 Å². The lowest BCUT2D eigenvalue weighted by molar-refractivity contribution is 0.584. The minimum atomic E-state index is -3.55. The maximum atomic E-state index is 11.8. The number of hydrogen-bond donors (Lipinski definition) is 1. The topological polar surface area (TPSA) is 58.5 Å². The van der Waals surface area contributed by atoms with Crippen molar-refractivity contribution in [3.8, 4) is 0 Å². The van der Waals surface area contributed by atoms with Crippen LogP contribution in [0.3, 0.4) is 0 Å². The molecule has 0 fully saturated rings. The molecule has 0 heterocycles. The van der Waals surface area contributed by atoms with Gasteiger partial charge in [0.25, 0.3) is 10.0 Å². The number of rotatable bonds is 6. The van der Waals surface area contributed by atoms with Crippen molar-refractivity contribution < 1.29 is 8.42 Å². The zero-order chi connectivity index (χ0) is 14.3. The molecule has 1 N–H and O–H groups in total. The molecule has 0 aliphatic carbocycles. The largest absolute Gasteiger partial charge is 0.276 e. The summed E-state index contributed by atoms with van der Waals surface area (Å²) < 4.78 is 23.7. The molecule has 0 saturated carbocycles. The highest BCUT2D eigenvalue weighted by Crippen LogP contribution is 2.06. The standard InChI is InChI=1S/C15H16N2O2S/c18-20(19,15-11-5-2-6-12-15)17-16-13-7-10-14-8-3-1-4-9-14/h1-6,8-9,11-13,17H,7,10H2. The fourth-order valence-corrected chi connectivity index (χ4v) is 2.53. The predicted molar refractivity (Wildman–Crippen MR) is 80.0 cm³/mol. The van der Waals surface area contributed by atoms with Gasteiger partial charge in [-0.1, -0.05) is 48.5 Å². The Hall–Kier alpha value is -2.14. The summed E-state index contributed by atoms with van der Waals surface area (Å²) in [6, 6.07) is 18.2. The van der Waals surface area contributed by atoms with Crippen molar-refractivity contribution in [1.82, 2.24) is 4.83 Å². The lowest BCUT2D eigenvalue weighted by Gasteiger charge is -2.02. The van der Waals surface area contributed by atoms with Crippen molar-refractivity contribution in [3.05, 3.63) is 66.2 Å². The highest BCUT2D eigenvalue weighted by molar-refractivity contribution is 7.89. The van der Waals surface area contributed by atoms with E-state index in [0.717, 1.165) is 6.42 Å². The number of hydrogen-bond acceptors (Lipinski definition) is 3. The molecule has 5 heteroatoms. The van der Waals surface area contributed by atoms with Crippen LogP contribution in [0.4, 0.5) is 0 Å². The Morgan fingerprint density at radius 2 is 1.55 bits per heavy atom. The van der Waals surface area contributed by atoms with Crippen molar-refractivity contribution in [1.29, 1.82) is 0 Å². The number of hydrazone groups is 1. The third kappa shape index (κ3) is 4.20. The van der Waals surface area contributed by atoms with Crippen molar-refractivity contribution in [3.63, 3.8) is 0 Å². The first-order chi connectivity index (χ1) is 9.68. The van der Waals surface area contributed by atoms with Crippen LogP contribution in [0.1, 0.15) is 12.0 Å². The zero-order valence-electron chi connectivity index (χ0n) is 10.9. The summed E-state index contributed by atoms with van der Waals surface area (Å²) in [5.74, 6) is 0. The molecule has 20 heavy (non-hydrogen) atoms. The normalized spacial score (nSPS) is 11.6. The molecule has 0 saturated heterocycles. The van der Waals surface area contributed by atoms with Gasteiger partial charge >= 0.3 is 0 Å². The van der Waals surface area contributed by atoms with E-state index in [-0.39, 0.29) is 4.90 Å². The third-order valence-electron chi connectivity index (χ3n) is 2.72. The Morgan fingerprint density at radius 1 is 0.950 bits per heavy atom. The van der Waals surface area contributed by atoms with Crippen molar-refractivity contribution in [2.24, 2.45) is 5.10 Å². The SMILES string of the molecule is O=S(=O)(NN=CCCc1ccccc1)c1ccccc1. The van der Waals surface area contributed by atoms with Crippen molar-refractivity contribution >= 4 is 16.2 Å². The fourth-order valence-electron chi connectivity index (χ4n) is 1.70. The van der Waals surface area contributed by atoms with Crippen LogP contribution in [-0.2, 0) is 16.4 Å². The van der Waals surface area contributed by atoms with Crippen LogP contribution in [-0.4, -0.2) is 14.6 Å². The van der Waals surface area contributed by atoms with E-state index in [0.29, 0.717) is 6.42 Å². The monoisotopic (exact) mass is 288 g/mol. The first kappa shape index (κ1) is 14.3. The molecule has 0 aromatic heterocycles. The maximum Gasteiger partial charge on any atom is 0.276 e. The minimum Gasteiger partial charge on any atom is -0.200 e. The highest BCUT2D eigenvalue weighted by atomic mass is 32.2. The van der Waals surface area contributed by atoms with Crippen LogP contribution >= 0.6 is 0 Å². The zero-order valence-corrected chi connectivity index (χ0v) is 11.8. The minimum absolute atomic E-state index is 0.209. The van der Waals surface area contributed by atoms with Gasteiger partial charge in [-0.25, -0.2) is 4.83 Å². The third-order valence-corrected chi connectivity index (χ3v) is 3.96. The maximum absolute atomic E-state index is 11.8. The van der Waals surface area contributed by atoms with Gasteiger partial charge in [-0.2, -0.15) is 13.5 Å². The van der Waals surface area contributed by atoms with Crippen LogP contribution in [0.5, 0.6) is 0 Å². The molecule has 0 aliphatic heterocycles.